The van der Waals surface area contributed by atoms with Gasteiger partial charge in [0.1, 0.15) is 5.82 Å². The third kappa shape index (κ3) is 1.44. The van der Waals surface area contributed by atoms with E-state index in [-0.39, 0.29) is 5.82 Å². The second-order valence-electron chi connectivity index (χ2n) is 4.18. The fraction of sp³-hybridized carbons (Fsp3) is 0.500. The lowest BCUT2D eigenvalue weighted by molar-refractivity contribution is 0.0406. The SMILES string of the molecule is Cc1cccc(C2(O)CCCC2)c1F. The lowest BCUT2D eigenvalue weighted by atomic mass is 9.90. The van der Waals surface area contributed by atoms with E-state index in [1.165, 1.54) is 0 Å². The average Bonchev–Trinajstić information content (AvgIpc) is 2.58. The van der Waals surface area contributed by atoms with Crippen LogP contribution in [-0.2, 0) is 5.60 Å². The summed E-state index contributed by atoms with van der Waals surface area (Å²) in [5.74, 6) is -0.239. The number of benzene rings is 1. The molecule has 1 aromatic rings. The summed E-state index contributed by atoms with van der Waals surface area (Å²) >= 11 is 0. The minimum absolute atomic E-state index is 0.239. The Hall–Kier alpha value is -0.890. The number of halogens is 1. The van der Waals surface area contributed by atoms with Gasteiger partial charge in [-0.2, -0.15) is 0 Å². The van der Waals surface area contributed by atoms with Crippen molar-refractivity contribution >= 4 is 0 Å². The zero-order valence-electron chi connectivity index (χ0n) is 8.39. The summed E-state index contributed by atoms with van der Waals surface area (Å²) in [6.45, 7) is 1.73. The number of aliphatic hydroxyl groups is 1. The highest BCUT2D eigenvalue weighted by atomic mass is 19.1. The van der Waals surface area contributed by atoms with Gasteiger partial charge < -0.3 is 5.11 Å². The van der Waals surface area contributed by atoms with Crippen molar-refractivity contribution in [1.29, 1.82) is 0 Å². The molecule has 1 N–H and O–H groups in total. The fourth-order valence-corrected chi connectivity index (χ4v) is 2.24. The van der Waals surface area contributed by atoms with Crippen molar-refractivity contribution in [1.82, 2.24) is 0 Å². The molecule has 1 saturated carbocycles. The van der Waals surface area contributed by atoms with Crippen LogP contribution in [-0.4, -0.2) is 5.11 Å². The molecule has 0 bridgehead atoms. The summed E-state index contributed by atoms with van der Waals surface area (Å²) in [6.07, 6.45) is 3.36. The Labute approximate surface area is 83.6 Å². The molecule has 0 aliphatic heterocycles. The molecule has 0 aromatic heterocycles. The molecule has 1 aliphatic carbocycles. The quantitative estimate of drug-likeness (QED) is 0.728. The Morgan fingerprint density at radius 3 is 2.57 bits per heavy atom. The van der Waals surface area contributed by atoms with Crippen LogP contribution < -0.4 is 0 Å². The topological polar surface area (TPSA) is 20.2 Å². The molecule has 76 valence electrons. The fourth-order valence-electron chi connectivity index (χ4n) is 2.24. The second kappa shape index (κ2) is 3.35. The minimum atomic E-state index is -0.907. The molecule has 0 atom stereocenters. The number of rotatable bonds is 1. The van der Waals surface area contributed by atoms with Crippen molar-refractivity contribution in [2.45, 2.75) is 38.2 Å². The summed E-state index contributed by atoms with van der Waals surface area (Å²) < 4.78 is 13.7. The monoisotopic (exact) mass is 194 g/mol. The van der Waals surface area contributed by atoms with Crippen molar-refractivity contribution in [2.24, 2.45) is 0 Å². The van der Waals surface area contributed by atoms with E-state index < -0.39 is 5.60 Å². The van der Waals surface area contributed by atoms with E-state index in [2.05, 4.69) is 0 Å². The second-order valence-corrected chi connectivity index (χ2v) is 4.18. The van der Waals surface area contributed by atoms with Gasteiger partial charge in [-0.05, 0) is 25.3 Å². The molecular weight excluding hydrogens is 179 g/mol. The van der Waals surface area contributed by atoms with Gasteiger partial charge in [0.2, 0.25) is 0 Å². The normalized spacial score (nSPS) is 19.9. The van der Waals surface area contributed by atoms with Gasteiger partial charge in [-0.25, -0.2) is 4.39 Å². The van der Waals surface area contributed by atoms with E-state index in [0.29, 0.717) is 24.0 Å². The van der Waals surface area contributed by atoms with E-state index in [4.69, 9.17) is 0 Å². The molecule has 0 unspecified atom stereocenters. The lowest BCUT2D eigenvalue weighted by Gasteiger charge is -2.23. The van der Waals surface area contributed by atoms with Crippen molar-refractivity contribution in [2.75, 3.05) is 0 Å². The van der Waals surface area contributed by atoms with Gasteiger partial charge in [-0.15, -0.1) is 0 Å². The number of hydrogen-bond donors (Lipinski definition) is 1. The van der Waals surface area contributed by atoms with E-state index in [1.54, 1.807) is 19.1 Å². The summed E-state index contributed by atoms with van der Waals surface area (Å²) in [5, 5.41) is 10.2. The van der Waals surface area contributed by atoms with Gasteiger partial charge in [0.15, 0.2) is 0 Å². The molecule has 0 heterocycles. The molecule has 1 aromatic carbocycles. The molecule has 14 heavy (non-hydrogen) atoms. The van der Waals surface area contributed by atoms with Gasteiger partial charge in [0.25, 0.3) is 0 Å². The van der Waals surface area contributed by atoms with E-state index in [0.717, 1.165) is 12.8 Å². The summed E-state index contributed by atoms with van der Waals surface area (Å²) in [7, 11) is 0. The first kappa shape index (κ1) is 9.66. The Bertz CT molecular complexity index is 340. The average molecular weight is 194 g/mol. The zero-order valence-corrected chi connectivity index (χ0v) is 8.39. The molecule has 1 nitrogen and oxygen atoms in total. The highest BCUT2D eigenvalue weighted by Gasteiger charge is 2.35. The van der Waals surface area contributed by atoms with E-state index >= 15 is 0 Å². The van der Waals surface area contributed by atoms with Gasteiger partial charge in [0, 0.05) is 5.56 Å². The maximum Gasteiger partial charge on any atom is 0.132 e. The molecule has 2 rings (SSSR count). The van der Waals surface area contributed by atoms with Crippen LogP contribution in [0.3, 0.4) is 0 Å². The standard InChI is InChI=1S/C12H15FO/c1-9-5-4-6-10(11(9)13)12(14)7-2-3-8-12/h4-6,14H,2-3,7-8H2,1H3. The number of hydrogen-bond acceptors (Lipinski definition) is 1. The van der Waals surface area contributed by atoms with Crippen molar-refractivity contribution in [3.63, 3.8) is 0 Å². The Balaban J connectivity index is 2.45. The largest absolute Gasteiger partial charge is 0.385 e. The molecule has 0 amide bonds. The van der Waals surface area contributed by atoms with Gasteiger partial charge in [0.05, 0.1) is 5.60 Å². The van der Waals surface area contributed by atoms with Gasteiger partial charge in [-0.1, -0.05) is 31.0 Å². The smallest absolute Gasteiger partial charge is 0.132 e. The molecular formula is C12H15FO. The van der Waals surface area contributed by atoms with Crippen LogP contribution in [0.5, 0.6) is 0 Å². The molecule has 2 heteroatoms. The number of aryl methyl sites for hydroxylation is 1. The van der Waals surface area contributed by atoms with Crippen LogP contribution in [0.1, 0.15) is 36.8 Å². The summed E-state index contributed by atoms with van der Waals surface area (Å²) in [6, 6.07) is 5.24. The first-order chi connectivity index (χ1) is 6.63. The third-order valence-corrected chi connectivity index (χ3v) is 3.12. The predicted octanol–water partition coefficient (Wildman–Crippen LogP) is 2.90. The Morgan fingerprint density at radius 2 is 1.93 bits per heavy atom. The van der Waals surface area contributed by atoms with Crippen LogP contribution in [0.4, 0.5) is 4.39 Å². The van der Waals surface area contributed by atoms with E-state index in [9.17, 15) is 9.50 Å². The van der Waals surface area contributed by atoms with Crippen LogP contribution in [0, 0.1) is 12.7 Å². The Morgan fingerprint density at radius 1 is 1.29 bits per heavy atom. The van der Waals surface area contributed by atoms with E-state index in [1.807, 2.05) is 6.07 Å². The molecule has 0 radical (unpaired) electrons. The highest BCUT2D eigenvalue weighted by molar-refractivity contribution is 5.30. The first-order valence-corrected chi connectivity index (χ1v) is 5.11. The first-order valence-electron chi connectivity index (χ1n) is 5.11. The Kier molecular flexibility index (Phi) is 2.31. The van der Waals surface area contributed by atoms with Crippen molar-refractivity contribution in [3.05, 3.63) is 35.1 Å². The van der Waals surface area contributed by atoms with Gasteiger partial charge in [-0.3, -0.25) is 0 Å². The predicted molar refractivity (Wildman–Crippen MR) is 53.5 cm³/mol. The lowest BCUT2D eigenvalue weighted by Crippen LogP contribution is -2.22. The molecule has 1 aliphatic rings. The van der Waals surface area contributed by atoms with Crippen molar-refractivity contribution < 1.29 is 9.50 Å². The molecule has 1 fully saturated rings. The molecule has 0 saturated heterocycles. The minimum Gasteiger partial charge on any atom is -0.385 e. The van der Waals surface area contributed by atoms with Crippen LogP contribution in [0.15, 0.2) is 18.2 Å². The van der Waals surface area contributed by atoms with Gasteiger partial charge >= 0.3 is 0 Å². The zero-order chi connectivity index (χ0) is 10.2. The summed E-state index contributed by atoms with van der Waals surface area (Å²) in [5.41, 5.74) is 0.189. The van der Waals surface area contributed by atoms with Crippen LogP contribution in [0.2, 0.25) is 0 Å². The maximum atomic E-state index is 13.7. The third-order valence-electron chi connectivity index (χ3n) is 3.12. The van der Waals surface area contributed by atoms with Crippen molar-refractivity contribution in [3.8, 4) is 0 Å². The highest BCUT2D eigenvalue weighted by Crippen LogP contribution is 2.39. The summed E-state index contributed by atoms with van der Waals surface area (Å²) in [4.78, 5) is 0. The van der Waals surface area contributed by atoms with Crippen LogP contribution in [0.25, 0.3) is 0 Å². The molecule has 0 spiro atoms. The maximum absolute atomic E-state index is 13.7. The van der Waals surface area contributed by atoms with Crippen LogP contribution >= 0.6 is 0 Å².